The molecule has 0 saturated carbocycles. The molecule has 0 amide bonds. The highest BCUT2D eigenvalue weighted by atomic mass is 16.5. The summed E-state index contributed by atoms with van der Waals surface area (Å²) < 4.78 is 10.7. The van der Waals surface area contributed by atoms with E-state index in [4.69, 9.17) is 9.47 Å². The smallest absolute Gasteiger partial charge is 0.0928 e. The summed E-state index contributed by atoms with van der Waals surface area (Å²) in [6.07, 6.45) is 5.92. The molecule has 2 nitrogen and oxygen atoms in total. The number of allylic oxidation sites excluding steroid dienone is 1. The molecule has 0 N–H and O–H groups in total. The minimum Gasteiger partial charge on any atom is -0.501 e. The van der Waals surface area contributed by atoms with Crippen LogP contribution in [0, 0.1) is 5.41 Å². The Balaban J connectivity index is 2.26. The topological polar surface area (TPSA) is 18.5 Å². The summed E-state index contributed by atoms with van der Waals surface area (Å²) in [5.41, 5.74) is 0.331. The van der Waals surface area contributed by atoms with Crippen LogP contribution in [0.25, 0.3) is 0 Å². The van der Waals surface area contributed by atoms with Crippen molar-refractivity contribution >= 4 is 0 Å². The van der Waals surface area contributed by atoms with Gasteiger partial charge in [-0.1, -0.05) is 13.0 Å². The maximum absolute atomic E-state index is 5.39. The monoisotopic (exact) mass is 170 g/mol. The summed E-state index contributed by atoms with van der Waals surface area (Å²) in [6, 6.07) is 0. The third-order valence-corrected chi connectivity index (χ3v) is 2.36. The molecule has 1 aliphatic rings. The molecule has 0 bridgehead atoms. The fourth-order valence-electron chi connectivity index (χ4n) is 1.35. The van der Waals surface area contributed by atoms with Crippen molar-refractivity contribution in [3.8, 4) is 0 Å². The van der Waals surface area contributed by atoms with E-state index in [1.54, 1.807) is 6.26 Å². The minimum absolute atomic E-state index is 0.331. The van der Waals surface area contributed by atoms with E-state index in [-0.39, 0.29) is 0 Å². The molecule has 1 fully saturated rings. The van der Waals surface area contributed by atoms with Gasteiger partial charge in [-0.05, 0) is 19.8 Å². The first-order valence-electron chi connectivity index (χ1n) is 4.57. The van der Waals surface area contributed by atoms with Crippen molar-refractivity contribution < 1.29 is 9.47 Å². The van der Waals surface area contributed by atoms with Crippen LogP contribution in [0.15, 0.2) is 12.3 Å². The lowest BCUT2D eigenvalue weighted by atomic mass is 9.83. The summed E-state index contributed by atoms with van der Waals surface area (Å²) in [4.78, 5) is 0. The van der Waals surface area contributed by atoms with Gasteiger partial charge in [-0.2, -0.15) is 0 Å². The number of hydrogen-bond acceptors (Lipinski definition) is 2. The molecule has 1 heterocycles. The zero-order valence-electron chi connectivity index (χ0n) is 8.01. The van der Waals surface area contributed by atoms with E-state index in [0.717, 1.165) is 32.7 Å². The molecule has 1 rings (SSSR count). The van der Waals surface area contributed by atoms with Gasteiger partial charge in [0.15, 0.2) is 0 Å². The highest BCUT2D eigenvalue weighted by Crippen LogP contribution is 2.29. The van der Waals surface area contributed by atoms with Crippen molar-refractivity contribution in [2.75, 3.05) is 19.8 Å². The molecule has 0 unspecified atom stereocenters. The Labute approximate surface area is 74.6 Å². The molecule has 12 heavy (non-hydrogen) atoms. The second kappa shape index (κ2) is 4.51. The quantitative estimate of drug-likeness (QED) is 0.605. The Hall–Kier alpha value is -0.500. The molecule has 0 atom stereocenters. The van der Waals surface area contributed by atoms with Gasteiger partial charge in [-0.3, -0.25) is 0 Å². The van der Waals surface area contributed by atoms with E-state index >= 15 is 0 Å². The molecule has 0 radical (unpaired) electrons. The Bertz CT molecular complexity index is 146. The maximum atomic E-state index is 5.39. The molecule has 70 valence electrons. The van der Waals surface area contributed by atoms with Crippen molar-refractivity contribution in [2.45, 2.75) is 26.7 Å². The molecular weight excluding hydrogens is 152 g/mol. The second-order valence-electron chi connectivity index (χ2n) is 3.70. The van der Waals surface area contributed by atoms with Crippen LogP contribution >= 0.6 is 0 Å². The summed E-state index contributed by atoms with van der Waals surface area (Å²) >= 11 is 0. The van der Waals surface area contributed by atoms with Gasteiger partial charge in [0.1, 0.15) is 0 Å². The molecular formula is C10H18O2. The summed E-state index contributed by atoms with van der Waals surface area (Å²) in [5.74, 6) is 0. The van der Waals surface area contributed by atoms with E-state index < -0.39 is 0 Å². The zero-order chi connectivity index (χ0) is 8.86. The highest BCUT2D eigenvalue weighted by Gasteiger charge is 2.27. The molecule has 0 aliphatic carbocycles. The van der Waals surface area contributed by atoms with E-state index in [1.165, 1.54) is 0 Å². The molecule has 1 saturated heterocycles. The average molecular weight is 170 g/mol. The van der Waals surface area contributed by atoms with Gasteiger partial charge in [0.2, 0.25) is 0 Å². The van der Waals surface area contributed by atoms with Gasteiger partial charge in [0.25, 0.3) is 0 Å². The standard InChI is InChI=1S/C10H18O2/c1-3-6-12-9-10(2)4-7-11-8-5-10/h3,6H,4-5,7-9H2,1-2H3/b6-3+. The van der Waals surface area contributed by atoms with Crippen molar-refractivity contribution in [3.05, 3.63) is 12.3 Å². The van der Waals surface area contributed by atoms with Crippen LogP contribution in [0.4, 0.5) is 0 Å². The van der Waals surface area contributed by atoms with Crippen LogP contribution < -0.4 is 0 Å². The van der Waals surface area contributed by atoms with Crippen LogP contribution in [-0.2, 0) is 9.47 Å². The van der Waals surface area contributed by atoms with Crippen LogP contribution in [0.1, 0.15) is 26.7 Å². The van der Waals surface area contributed by atoms with Crippen molar-refractivity contribution in [1.82, 2.24) is 0 Å². The predicted octanol–water partition coefficient (Wildman–Crippen LogP) is 2.35. The van der Waals surface area contributed by atoms with Gasteiger partial charge in [0.05, 0.1) is 12.9 Å². The minimum atomic E-state index is 0.331. The first-order valence-corrected chi connectivity index (χ1v) is 4.57. The van der Waals surface area contributed by atoms with E-state index in [2.05, 4.69) is 6.92 Å². The first-order chi connectivity index (χ1) is 5.77. The van der Waals surface area contributed by atoms with Crippen molar-refractivity contribution in [1.29, 1.82) is 0 Å². The Kier molecular flexibility index (Phi) is 3.60. The molecule has 2 heteroatoms. The largest absolute Gasteiger partial charge is 0.501 e. The summed E-state index contributed by atoms with van der Waals surface area (Å²) in [6.45, 7) is 6.82. The summed E-state index contributed by atoms with van der Waals surface area (Å²) in [7, 11) is 0. The van der Waals surface area contributed by atoms with Gasteiger partial charge in [-0.25, -0.2) is 0 Å². The van der Waals surface area contributed by atoms with Crippen molar-refractivity contribution in [2.24, 2.45) is 5.41 Å². The van der Waals surface area contributed by atoms with Crippen molar-refractivity contribution in [3.63, 3.8) is 0 Å². The van der Waals surface area contributed by atoms with Crippen LogP contribution in [0.5, 0.6) is 0 Å². The first kappa shape index (κ1) is 9.59. The SMILES string of the molecule is C/C=C/OCC1(C)CCOCC1. The number of hydrogen-bond donors (Lipinski definition) is 0. The molecule has 0 aromatic carbocycles. The third kappa shape index (κ3) is 2.86. The van der Waals surface area contributed by atoms with Crippen LogP contribution in [0.2, 0.25) is 0 Å². The third-order valence-electron chi connectivity index (χ3n) is 2.36. The van der Waals surface area contributed by atoms with Gasteiger partial charge < -0.3 is 9.47 Å². The molecule has 0 aromatic heterocycles. The van der Waals surface area contributed by atoms with Crippen LogP contribution in [-0.4, -0.2) is 19.8 Å². The predicted molar refractivity (Wildman–Crippen MR) is 48.9 cm³/mol. The van der Waals surface area contributed by atoms with E-state index in [1.807, 2.05) is 13.0 Å². The Morgan fingerprint density at radius 2 is 2.08 bits per heavy atom. The van der Waals surface area contributed by atoms with E-state index in [0.29, 0.717) is 5.41 Å². The lowest BCUT2D eigenvalue weighted by Crippen LogP contribution is -2.30. The lowest BCUT2D eigenvalue weighted by molar-refractivity contribution is -0.00914. The lowest BCUT2D eigenvalue weighted by Gasteiger charge is -2.32. The zero-order valence-corrected chi connectivity index (χ0v) is 8.01. The normalized spacial score (nSPS) is 22.8. The average Bonchev–Trinajstić information content (AvgIpc) is 2.06. The van der Waals surface area contributed by atoms with Crippen LogP contribution in [0.3, 0.4) is 0 Å². The number of ether oxygens (including phenoxy) is 2. The van der Waals surface area contributed by atoms with E-state index in [9.17, 15) is 0 Å². The number of rotatable bonds is 3. The van der Waals surface area contributed by atoms with Gasteiger partial charge in [-0.15, -0.1) is 0 Å². The fraction of sp³-hybridized carbons (Fsp3) is 0.800. The fourth-order valence-corrected chi connectivity index (χ4v) is 1.35. The highest BCUT2D eigenvalue weighted by molar-refractivity contribution is 4.78. The Morgan fingerprint density at radius 1 is 1.42 bits per heavy atom. The van der Waals surface area contributed by atoms with Gasteiger partial charge in [0, 0.05) is 18.6 Å². The second-order valence-corrected chi connectivity index (χ2v) is 3.70. The molecule has 0 aromatic rings. The molecule has 0 spiro atoms. The van der Waals surface area contributed by atoms with Gasteiger partial charge >= 0.3 is 0 Å². The Morgan fingerprint density at radius 3 is 2.67 bits per heavy atom. The maximum Gasteiger partial charge on any atom is 0.0928 e. The molecule has 1 aliphatic heterocycles. The summed E-state index contributed by atoms with van der Waals surface area (Å²) in [5, 5.41) is 0.